The van der Waals surface area contributed by atoms with Crippen molar-refractivity contribution in [2.45, 2.75) is 25.9 Å². The van der Waals surface area contributed by atoms with Crippen LogP contribution in [-0.2, 0) is 13.1 Å². The van der Waals surface area contributed by atoms with Gasteiger partial charge in [-0.25, -0.2) is 9.97 Å². The summed E-state index contributed by atoms with van der Waals surface area (Å²) in [4.78, 5) is 8.09. The number of hydrogen-bond acceptors (Lipinski definition) is 6. The third-order valence-electron chi connectivity index (χ3n) is 5.55. The molecule has 3 aromatic rings. The molecular weight excluding hydrogens is 392 g/mol. The average molecular weight is 413 g/mol. The molecule has 0 saturated heterocycles. The lowest BCUT2D eigenvalue weighted by Gasteiger charge is -2.40. The van der Waals surface area contributed by atoms with Crippen LogP contribution in [0.15, 0.2) is 36.9 Å². The summed E-state index contributed by atoms with van der Waals surface area (Å²) < 4.78 is 6.95. The second kappa shape index (κ2) is 6.98. The molecule has 150 valence electrons. The van der Waals surface area contributed by atoms with Crippen molar-refractivity contribution in [2.75, 3.05) is 18.9 Å². The predicted molar refractivity (Wildman–Crippen MR) is 111 cm³/mol. The van der Waals surface area contributed by atoms with Crippen LogP contribution in [0.2, 0.25) is 5.02 Å². The van der Waals surface area contributed by atoms with Crippen molar-refractivity contribution in [1.82, 2.24) is 24.4 Å². The van der Waals surface area contributed by atoms with Gasteiger partial charge in [0.1, 0.15) is 43.1 Å². The smallest absolute Gasteiger partial charge is 0.227 e. The number of quaternary nitrogens is 1. The van der Waals surface area contributed by atoms with E-state index in [1.807, 2.05) is 29.2 Å². The van der Waals surface area contributed by atoms with E-state index in [-0.39, 0.29) is 25.5 Å². The van der Waals surface area contributed by atoms with E-state index in [0.29, 0.717) is 22.2 Å². The van der Waals surface area contributed by atoms with Crippen molar-refractivity contribution >= 4 is 23.1 Å². The van der Waals surface area contributed by atoms with Gasteiger partial charge in [-0.3, -0.25) is 4.68 Å². The molecule has 2 aromatic heterocycles. The number of halogens is 1. The molecule has 1 aliphatic carbocycles. The molecule has 1 atom stereocenters. The summed E-state index contributed by atoms with van der Waals surface area (Å²) in [7, 11) is 0. The number of hydrogen-bond donors (Lipinski definition) is 1. The molecule has 1 fully saturated rings. The summed E-state index contributed by atoms with van der Waals surface area (Å²) in [6, 6.07) is 5.43. The molecular formula is C20H21ClN6O2. The van der Waals surface area contributed by atoms with Crippen molar-refractivity contribution in [3.05, 3.63) is 52.7 Å². The molecule has 8 nitrogen and oxygen atoms in total. The van der Waals surface area contributed by atoms with E-state index in [1.165, 1.54) is 19.2 Å². The second-order valence-corrected chi connectivity index (χ2v) is 8.13. The molecule has 9 heteroatoms. The molecule has 1 saturated carbocycles. The minimum atomic E-state index is -0.633. The van der Waals surface area contributed by atoms with Gasteiger partial charge in [0.15, 0.2) is 0 Å². The number of nitrogen functional groups attached to an aromatic ring is 1. The standard InChI is InChI=1S/C20H21ClN6O2/c21-18-7-15(3-4-16(18)14-8-25-26(10-14)9-13-1-2-13)27(28)5-6-29-20-17(11-27)19(22)23-12-24-20/h3-4,7-8,10,12-13H,1-2,5-6,9,11H2,(H2,22,23,24). The van der Waals surface area contributed by atoms with Crippen LogP contribution in [0.3, 0.4) is 0 Å². The molecule has 0 radical (unpaired) electrons. The zero-order valence-corrected chi connectivity index (χ0v) is 16.5. The van der Waals surface area contributed by atoms with Crippen LogP contribution < -0.4 is 15.1 Å². The fourth-order valence-electron chi connectivity index (χ4n) is 3.69. The fourth-order valence-corrected chi connectivity index (χ4v) is 3.97. The van der Waals surface area contributed by atoms with E-state index in [9.17, 15) is 5.21 Å². The van der Waals surface area contributed by atoms with Gasteiger partial charge < -0.3 is 20.3 Å². The van der Waals surface area contributed by atoms with Gasteiger partial charge in [-0.1, -0.05) is 11.6 Å². The molecule has 0 spiro atoms. The molecule has 3 heterocycles. The Morgan fingerprint density at radius 1 is 1.31 bits per heavy atom. The van der Waals surface area contributed by atoms with Crippen LogP contribution in [0.5, 0.6) is 5.88 Å². The maximum Gasteiger partial charge on any atom is 0.227 e. The van der Waals surface area contributed by atoms with E-state index in [2.05, 4.69) is 15.1 Å². The Morgan fingerprint density at radius 3 is 2.97 bits per heavy atom. The summed E-state index contributed by atoms with van der Waals surface area (Å²) >= 11 is 6.58. The van der Waals surface area contributed by atoms with E-state index in [4.69, 9.17) is 22.1 Å². The number of nitrogens with zero attached hydrogens (tertiary/aromatic N) is 5. The molecule has 2 aliphatic rings. The molecule has 0 amide bonds. The third kappa shape index (κ3) is 3.55. The fraction of sp³-hybridized carbons (Fsp3) is 0.350. The van der Waals surface area contributed by atoms with Crippen molar-refractivity contribution < 1.29 is 4.74 Å². The summed E-state index contributed by atoms with van der Waals surface area (Å²) in [6.45, 7) is 1.50. The molecule has 1 unspecified atom stereocenters. The van der Waals surface area contributed by atoms with Crippen molar-refractivity contribution in [3.63, 3.8) is 0 Å². The van der Waals surface area contributed by atoms with Gasteiger partial charge in [-0.05, 0) is 24.8 Å². The molecule has 2 N–H and O–H groups in total. The van der Waals surface area contributed by atoms with Crippen molar-refractivity contribution in [2.24, 2.45) is 5.92 Å². The lowest BCUT2D eigenvalue weighted by molar-refractivity contribution is 0.269. The van der Waals surface area contributed by atoms with Gasteiger partial charge in [0.2, 0.25) is 5.88 Å². The Morgan fingerprint density at radius 2 is 2.17 bits per heavy atom. The van der Waals surface area contributed by atoms with Crippen LogP contribution in [-0.4, -0.2) is 32.9 Å². The summed E-state index contributed by atoms with van der Waals surface area (Å²) in [5.41, 5.74) is 8.85. The first-order chi connectivity index (χ1) is 14.0. The number of aromatic nitrogens is 4. The Kier molecular flexibility index (Phi) is 4.42. The Bertz CT molecular complexity index is 1070. The Labute approximate surface area is 173 Å². The molecule has 1 aromatic carbocycles. The van der Waals surface area contributed by atoms with Gasteiger partial charge in [0.25, 0.3) is 0 Å². The highest BCUT2D eigenvalue weighted by Crippen LogP contribution is 2.37. The van der Waals surface area contributed by atoms with Crippen LogP contribution in [0, 0.1) is 11.1 Å². The van der Waals surface area contributed by atoms with Gasteiger partial charge in [0.05, 0.1) is 11.2 Å². The number of rotatable bonds is 4. The van der Waals surface area contributed by atoms with E-state index >= 15 is 0 Å². The maximum atomic E-state index is 13.7. The first kappa shape index (κ1) is 18.4. The topological polar surface area (TPSA) is 102 Å². The number of hydroxylamine groups is 2. The van der Waals surface area contributed by atoms with E-state index < -0.39 is 4.65 Å². The van der Waals surface area contributed by atoms with E-state index in [1.54, 1.807) is 6.07 Å². The van der Waals surface area contributed by atoms with Crippen LogP contribution >= 0.6 is 11.6 Å². The highest BCUT2D eigenvalue weighted by Gasteiger charge is 2.30. The van der Waals surface area contributed by atoms with Crippen molar-refractivity contribution in [3.8, 4) is 17.0 Å². The lowest BCUT2D eigenvalue weighted by atomic mass is 10.1. The number of ether oxygens (including phenoxy) is 1. The SMILES string of the molecule is Nc1ncnc2c1C[N+]([O-])(c1ccc(-c3cnn(CC4CC4)c3)c(Cl)c1)CCO2. The van der Waals surface area contributed by atoms with Crippen LogP contribution in [0.25, 0.3) is 11.1 Å². The van der Waals surface area contributed by atoms with Gasteiger partial charge in [-0.15, -0.1) is 0 Å². The second-order valence-electron chi connectivity index (χ2n) is 7.72. The van der Waals surface area contributed by atoms with E-state index in [0.717, 1.165) is 23.6 Å². The van der Waals surface area contributed by atoms with Gasteiger partial charge in [-0.2, -0.15) is 5.10 Å². The monoisotopic (exact) mass is 412 g/mol. The van der Waals surface area contributed by atoms with Gasteiger partial charge >= 0.3 is 0 Å². The minimum absolute atomic E-state index is 0.0942. The van der Waals surface area contributed by atoms with Crippen LogP contribution in [0.4, 0.5) is 11.5 Å². The maximum absolute atomic E-state index is 13.7. The number of benzene rings is 1. The molecule has 1 aliphatic heterocycles. The quantitative estimate of drug-likeness (QED) is 0.520. The highest BCUT2D eigenvalue weighted by atomic mass is 35.5. The summed E-state index contributed by atoms with van der Waals surface area (Å²) in [6.07, 6.45) is 7.72. The number of nitrogens with two attached hydrogens (primary N) is 1. The summed E-state index contributed by atoms with van der Waals surface area (Å²) in [5.74, 6) is 1.38. The number of fused-ring (bicyclic) bond motifs is 1. The normalized spacial score (nSPS) is 21.3. The predicted octanol–water partition coefficient (Wildman–Crippen LogP) is 3.38. The lowest BCUT2D eigenvalue weighted by Crippen LogP contribution is -2.44. The first-order valence-electron chi connectivity index (χ1n) is 9.65. The van der Waals surface area contributed by atoms with Crippen LogP contribution in [0.1, 0.15) is 18.4 Å². The Balaban J connectivity index is 1.44. The molecule has 0 bridgehead atoms. The average Bonchev–Trinajstić information content (AvgIpc) is 3.43. The minimum Gasteiger partial charge on any atom is -0.627 e. The highest BCUT2D eigenvalue weighted by molar-refractivity contribution is 6.33. The number of anilines is 1. The molecule has 29 heavy (non-hydrogen) atoms. The third-order valence-corrected chi connectivity index (χ3v) is 5.87. The zero-order chi connectivity index (χ0) is 20.0. The Hall–Kier alpha value is -2.68. The van der Waals surface area contributed by atoms with Crippen molar-refractivity contribution in [1.29, 1.82) is 0 Å². The molecule has 5 rings (SSSR count). The summed E-state index contributed by atoms with van der Waals surface area (Å²) in [5, 5.41) is 18.6. The van der Waals surface area contributed by atoms with Gasteiger partial charge in [0, 0.05) is 36.0 Å². The zero-order valence-electron chi connectivity index (χ0n) is 15.8. The first-order valence-corrected chi connectivity index (χ1v) is 10.0. The largest absolute Gasteiger partial charge is 0.627 e.